The molecule has 24 heavy (non-hydrogen) atoms. The SMILES string of the molecule is CN(C)c1ccc(NC(=O)NC[C@@]2(O)CCc3ccccc32)cc1. The van der Waals surface area contributed by atoms with Gasteiger partial charge in [0.1, 0.15) is 5.60 Å². The smallest absolute Gasteiger partial charge is 0.319 e. The van der Waals surface area contributed by atoms with E-state index >= 15 is 0 Å². The fourth-order valence-electron chi connectivity index (χ4n) is 3.10. The van der Waals surface area contributed by atoms with Crippen molar-refractivity contribution in [3.05, 3.63) is 59.7 Å². The lowest BCUT2D eigenvalue weighted by Crippen LogP contribution is -2.41. The van der Waals surface area contributed by atoms with Crippen molar-refractivity contribution in [3.63, 3.8) is 0 Å². The number of rotatable bonds is 4. The minimum Gasteiger partial charge on any atom is -0.383 e. The van der Waals surface area contributed by atoms with Crippen LogP contribution in [0.3, 0.4) is 0 Å². The monoisotopic (exact) mass is 325 g/mol. The Hall–Kier alpha value is -2.53. The molecule has 3 N–H and O–H groups in total. The molecule has 0 saturated carbocycles. The molecule has 2 aromatic carbocycles. The van der Waals surface area contributed by atoms with Crippen LogP contribution in [0.1, 0.15) is 17.5 Å². The molecular formula is C19H23N3O2. The van der Waals surface area contributed by atoms with Crippen LogP contribution in [0.25, 0.3) is 0 Å². The fourth-order valence-corrected chi connectivity index (χ4v) is 3.10. The molecule has 0 saturated heterocycles. The summed E-state index contributed by atoms with van der Waals surface area (Å²) in [5.74, 6) is 0. The maximum absolute atomic E-state index is 12.1. The minimum absolute atomic E-state index is 0.200. The molecule has 0 bridgehead atoms. The number of nitrogens with one attached hydrogen (secondary N) is 2. The number of hydrogen-bond donors (Lipinski definition) is 3. The molecule has 2 amide bonds. The number of aryl methyl sites for hydroxylation is 1. The highest BCUT2D eigenvalue weighted by molar-refractivity contribution is 5.89. The fraction of sp³-hybridized carbons (Fsp3) is 0.316. The van der Waals surface area contributed by atoms with Crippen molar-refractivity contribution in [2.75, 3.05) is 30.9 Å². The molecule has 5 heteroatoms. The predicted octanol–water partition coefficient (Wildman–Crippen LogP) is 2.71. The van der Waals surface area contributed by atoms with Crippen molar-refractivity contribution < 1.29 is 9.90 Å². The molecule has 1 aliphatic carbocycles. The molecule has 0 heterocycles. The summed E-state index contributed by atoms with van der Waals surface area (Å²) in [4.78, 5) is 14.1. The number of carbonyl (C=O) groups is 1. The third-order valence-corrected chi connectivity index (χ3v) is 4.51. The summed E-state index contributed by atoms with van der Waals surface area (Å²) in [6.07, 6.45) is 1.46. The average Bonchev–Trinajstić information content (AvgIpc) is 2.92. The molecule has 5 nitrogen and oxygen atoms in total. The van der Waals surface area contributed by atoms with Crippen LogP contribution in [0.5, 0.6) is 0 Å². The molecule has 0 unspecified atom stereocenters. The summed E-state index contributed by atoms with van der Waals surface area (Å²) in [5, 5.41) is 16.4. The van der Waals surface area contributed by atoms with E-state index < -0.39 is 5.60 Å². The molecule has 2 aromatic rings. The van der Waals surface area contributed by atoms with Crippen molar-refractivity contribution in [1.29, 1.82) is 0 Å². The lowest BCUT2D eigenvalue weighted by atomic mass is 9.96. The van der Waals surface area contributed by atoms with Crippen LogP contribution >= 0.6 is 0 Å². The Labute approximate surface area is 142 Å². The number of hydrogen-bond acceptors (Lipinski definition) is 3. The summed E-state index contributed by atoms with van der Waals surface area (Å²) in [7, 11) is 3.94. The van der Waals surface area contributed by atoms with Gasteiger partial charge in [-0.05, 0) is 48.2 Å². The van der Waals surface area contributed by atoms with Gasteiger partial charge in [0, 0.05) is 25.5 Å². The molecule has 0 fully saturated rings. The lowest BCUT2D eigenvalue weighted by Gasteiger charge is -2.24. The van der Waals surface area contributed by atoms with Crippen LogP contribution in [-0.2, 0) is 12.0 Å². The zero-order valence-corrected chi connectivity index (χ0v) is 14.0. The van der Waals surface area contributed by atoms with E-state index in [1.165, 1.54) is 0 Å². The Kier molecular flexibility index (Phi) is 4.44. The number of benzene rings is 2. The quantitative estimate of drug-likeness (QED) is 0.810. The van der Waals surface area contributed by atoms with Gasteiger partial charge in [-0.3, -0.25) is 0 Å². The number of nitrogens with zero attached hydrogens (tertiary/aromatic N) is 1. The Bertz CT molecular complexity index is 728. The third-order valence-electron chi connectivity index (χ3n) is 4.51. The maximum Gasteiger partial charge on any atom is 0.319 e. The molecule has 1 atom stereocenters. The number of urea groups is 1. The van der Waals surface area contributed by atoms with Gasteiger partial charge in [-0.15, -0.1) is 0 Å². The predicted molar refractivity (Wildman–Crippen MR) is 96.5 cm³/mol. The van der Waals surface area contributed by atoms with Gasteiger partial charge in [-0.2, -0.15) is 0 Å². The van der Waals surface area contributed by atoms with E-state index in [2.05, 4.69) is 10.6 Å². The second-order valence-corrected chi connectivity index (χ2v) is 6.44. The molecular weight excluding hydrogens is 302 g/mol. The standard InChI is InChI=1S/C19H23N3O2/c1-22(2)16-9-7-15(8-10-16)21-18(23)20-13-19(24)12-11-14-5-3-4-6-17(14)19/h3-10,24H,11-13H2,1-2H3,(H2,20,21,23)/t19-/m0/s1. The minimum atomic E-state index is -0.983. The van der Waals surface area contributed by atoms with Gasteiger partial charge in [-0.25, -0.2) is 4.79 Å². The summed E-state index contributed by atoms with van der Waals surface area (Å²) in [6.45, 7) is 0.200. The van der Waals surface area contributed by atoms with Crippen molar-refractivity contribution in [2.45, 2.75) is 18.4 Å². The van der Waals surface area contributed by atoms with Gasteiger partial charge in [0.15, 0.2) is 0 Å². The highest BCUT2D eigenvalue weighted by atomic mass is 16.3. The van der Waals surface area contributed by atoms with E-state index in [-0.39, 0.29) is 12.6 Å². The van der Waals surface area contributed by atoms with E-state index in [1.807, 2.05) is 67.5 Å². The summed E-state index contributed by atoms with van der Waals surface area (Å²) in [5.41, 5.74) is 2.87. The Morgan fingerprint density at radius 2 is 1.88 bits per heavy atom. The number of carbonyl (C=O) groups excluding carboxylic acids is 1. The van der Waals surface area contributed by atoms with E-state index in [0.717, 1.165) is 28.9 Å². The summed E-state index contributed by atoms with van der Waals surface area (Å²) < 4.78 is 0. The zero-order chi connectivity index (χ0) is 17.2. The van der Waals surface area contributed by atoms with E-state index in [1.54, 1.807) is 0 Å². The first-order valence-corrected chi connectivity index (χ1v) is 8.11. The summed E-state index contributed by atoms with van der Waals surface area (Å²) >= 11 is 0. The van der Waals surface area contributed by atoms with E-state index in [0.29, 0.717) is 6.42 Å². The van der Waals surface area contributed by atoms with Crippen LogP contribution in [0, 0.1) is 0 Å². The van der Waals surface area contributed by atoms with Crippen molar-refractivity contribution in [2.24, 2.45) is 0 Å². The first-order chi connectivity index (χ1) is 11.5. The number of anilines is 2. The second kappa shape index (κ2) is 6.53. The summed E-state index contributed by atoms with van der Waals surface area (Å²) in [6, 6.07) is 15.1. The van der Waals surface area contributed by atoms with Crippen LogP contribution in [0.4, 0.5) is 16.2 Å². The number of aliphatic hydroxyl groups is 1. The highest BCUT2D eigenvalue weighted by Gasteiger charge is 2.36. The first kappa shape index (κ1) is 16.3. The van der Waals surface area contributed by atoms with Gasteiger partial charge >= 0.3 is 6.03 Å². The van der Waals surface area contributed by atoms with Crippen LogP contribution < -0.4 is 15.5 Å². The Balaban J connectivity index is 1.58. The maximum atomic E-state index is 12.1. The van der Waals surface area contributed by atoms with Crippen molar-refractivity contribution in [1.82, 2.24) is 5.32 Å². The van der Waals surface area contributed by atoms with Gasteiger partial charge in [0.25, 0.3) is 0 Å². The molecule has 3 rings (SSSR count). The topological polar surface area (TPSA) is 64.6 Å². The van der Waals surface area contributed by atoms with Crippen molar-refractivity contribution >= 4 is 17.4 Å². The second-order valence-electron chi connectivity index (χ2n) is 6.44. The van der Waals surface area contributed by atoms with Crippen molar-refractivity contribution in [3.8, 4) is 0 Å². The van der Waals surface area contributed by atoms with Crippen LogP contribution in [0.15, 0.2) is 48.5 Å². The lowest BCUT2D eigenvalue weighted by molar-refractivity contribution is 0.0417. The van der Waals surface area contributed by atoms with Gasteiger partial charge in [-0.1, -0.05) is 24.3 Å². The molecule has 0 spiro atoms. The number of amides is 2. The van der Waals surface area contributed by atoms with Gasteiger partial charge in [0.2, 0.25) is 0 Å². The number of fused-ring (bicyclic) bond motifs is 1. The average molecular weight is 325 g/mol. The third kappa shape index (κ3) is 3.36. The van der Waals surface area contributed by atoms with E-state index in [4.69, 9.17) is 0 Å². The normalized spacial score (nSPS) is 18.8. The molecule has 0 aliphatic heterocycles. The molecule has 0 aromatic heterocycles. The van der Waals surface area contributed by atoms with E-state index in [9.17, 15) is 9.90 Å². The Morgan fingerprint density at radius 1 is 1.17 bits per heavy atom. The molecule has 1 aliphatic rings. The Morgan fingerprint density at radius 3 is 2.58 bits per heavy atom. The molecule has 126 valence electrons. The van der Waals surface area contributed by atoms with Crippen LogP contribution in [-0.4, -0.2) is 31.8 Å². The first-order valence-electron chi connectivity index (χ1n) is 8.11. The highest BCUT2D eigenvalue weighted by Crippen LogP contribution is 2.36. The van der Waals surface area contributed by atoms with Crippen LogP contribution in [0.2, 0.25) is 0 Å². The largest absolute Gasteiger partial charge is 0.383 e. The van der Waals surface area contributed by atoms with Gasteiger partial charge < -0.3 is 20.6 Å². The molecule has 0 radical (unpaired) electrons. The zero-order valence-electron chi connectivity index (χ0n) is 14.0. The van der Waals surface area contributed by atoms with Gasteiger partial charge in [0.05, 0.1) is 6.54 Å².